The number of ether oxygens (including phenoxy) is 2. The lowest BCUT2D eigenvalue weighted by Crippen LogP contribution is -2.41. The monoisotopic (exact) mass is 280 g/mol. The van der Waals surface area contributed by atoms with Gasteiger partial charge in [0, 0.05) is 25.0 Å². The summed E-state index contributed by atoms with van der Waals surface area (Å²) in [5, 5.41) is 9.56. The molecule has 0 aliphatic carbocycles. The number of hydrogen-bond donors (Lipinski definition) is 1. The summed E-state index contributed by atoms with van der Waals surface area (Å²) in [4.78, 5) is 11.7. The van der Waals surface area contributed by atoms with Crippen molar-refractivity contribution in [2.45, 2.75) is 38.4 Å². The number of halogens is 1. The van der Waals surface area contributed by atoms with Crippen LogP contribution in [0.2, 0.25) is 0 Å². The molecule has 1 aromatic carbocycles. The van der Waals surface area contributed by atoms with E-state index in [4.69, 9.17) is 9.47 Å². The fraction of sp³-hybridized carbons (Fsp3) is 0.533. The van der Waals surface area contributed by atoms with Gasteiger partial charge >= 0.3 is 5.97 Å². The van der Waals surface area contributed by atoms with Gasteiger partial charge < -0.3 is 14.6 Å². The predicted octanol–water partition coefficient (Wildman–Crippen LogP) is 2.40. The molecule has 1 N–H and O–H groups in total. The summed E-state index contributed by atoms with van der Waals surface area (Å²) in [7, 11) is 0. The molecule has 3 unspecified atom stereocenters. The quantitative estimate of drug-likeness (QED) is 0.923. The van der Waals surface area contributed by atoms with Crippen LogP contribution in [0.5, 0.6) is 5.75 Å². The van der Waals surface area contributed by atoms with Crippen molar-refractivity contribution in [2.75, 3.05) is 6.61 Å². The fourth-order valence-corrected chi connectivity index (χ4v) is 3.23. The first-order valence-corrected chi connectivity index (χ1v) is 6.81. The lowest BCUT2D eigenvalue weighted by atomic mass is 9.76. The third kappa shape index (κ3) is 2.06. The Balaban J connectivity index is 1.78. The third-order valence-electron chi connectivity index (χ3n) is 4.48. The number of carbonyl (C=O) groups is 1. The number of benzene rings is 1. The number of fused-ring (bicyclic) bond motifs is 1. The normalized spacial score (nSPS) is 31.9. The second kappa shape index (κ2) is 4.74. The molecule has 2 aliphatic heterocycles. The topological polar surface area (TPSA) is 55.8 Å². The van der Waals surface area contributed by atoms with Crippen molar-refractivity contribution in [1.29, 1.82) is 0 Å². The first-order valence-electron chi connectivity index (χ1n) is 6.81. The molecule has 2 aliphatic rings. The number of hydrogen-bond acceptors (Lipinski definition) is 3. The maximum atomic E-state index is 13.2. The highest BCUT2D eigenvalue weighted by Crippen LogP contribution is 2.43. The van der Waals surface area contributed by atoms with Crippen LogP contribution in [0.25, 0.3) is 0 Å². The van der Waals surface area contributed by atoms with Crippen LogP contribution in [-0.2, 0) is 16.0 Å². The molecule has 0 spiro atoms. The number of carboxylic acids is 1. The summed E-state index contributed by atoms with van der Waals surface area (Å²) in [5.74, 6) is -0.477. The van der Waals surface area contributed by atoms with E-state index in [0.29, 0.717) is 31.6 Å². The zero-order valence-corrected chi connectivity index (χ0v) is 11.3. The van der Waals surface area contributed by atoms with Crippen molar-refractivity contribution in [3.05, 3.63) is 29.6 Å². The molecular formula is C15H17FO4. The van der Waals surface area contributed by atoms with E-state index < -0.39 is 11.4 Å². The Kier molecular flexibility index (Phi) is 3.17. The minimum Gasteiger partial charge on any atom is -0.490 e. The van der Waals surface area contributed by atoms with Crippen LogP contribution in [-0.4, -0.2) is 29.9 Å². The molecular weight excluding hydrogens is 263 g/mol. The molecule has 3 atom stereocenters. The molecule has 1 saturated heterocycles. The molecule has 0 saturated carbocycles. The Labute approximate surface area is 116 Å². The van der Waals surface area contributed by atoms with E-state index in [1.807, 2.05) is 0 Å². The van der Waals surface area contributed by atoms with E-state index in [0.717, 1.165) is 5.56 Å². The molecule has 0 bridgehead atoms. The van der Waals surface area contributed by atoms with Crippen LogP contribution in [0, 0.1) is 11.2 Å². The lowest BCUT2D eigenvalue weighted by Gasteiger charge is -2.29. The number of carboxylic acid groups (broad SMARTS) is 1. The second-order valence-corrected chi connectivity index (χ2v) is 5.62. The van der Waals surface area contributed by atoms with E-state index in [1.165, 1.54) is 12.1 Å². The van der Waals surface area contributed by atoms with Crippen molar-refractivity contribution in [3.63, 3.8) is 0 Å². The van der Waals surface area contributed by atoms with Crippen LogP contribution >= 0.6 is 0 Å². The molecule has 0 aromatic heterocycles. The van der Waals surface area contributed by atoms with Crippen molar-refractivity contribution < 1.29 is 23.8 Å². The van der Waals surface area contributed by atoms with E-state index >= 15 is 0 Å². The smallest absolute Gasteiger partial charge is 0.312 e. The molecule has 3 rings (SSSR count). The highest BCUT2D eigenvalue weighted by atomic mass is 19.1. The highest BCUT2D eigenvalue weighted by Gasteiger charge is 2.50. The molecule has 108 valence electrons. The van der Waals surface area contributed by atoms with E-state index in [2.05, 4.69) is 0 Å². The summed E-state index contributed by atoms with van der Waals surface area (Å²) >= 11 is 0. The summed E-state index contributed by atoms with van der Waals surface area (Å²) in [6, 6.07) is 4.42. The van der Waals surface area contributed by atoms with Gasteiger partial charge in [0.05, 0.1) is 11.5 Å². The van der Waals surface area contributed by atoms with Gasteiger partial charge in [-0.15, -0.1) is 0 Å². The number of aliphatic carboxylic acids is 1. The van der Waals surface area contributed by atoms with Crippen LogP contribution in [0.4, 0.5) is 4.39 Å². The minimum absolute atomic E-state index is 0.230. The van der Waals surface area contributed by atoms with Gasteiger partial charge in [0.2, 0.25) is 0 Å². The maximum Gasteiger partial charge on any atom is 0.312 e. The zero-order valence-electron chi connectivity index (χ0n) is 11.3. The van der Waals surface area contributed by atoms with Gasteiger partial charge in [0.1, 0.15) is 17.7 Å². The van der Waals surface area contributed by atoms with Crippen molar-refractivity contribution in [3.8, 4) is 5.75 Å². The fourth-order valence-electron chi connectivity index (χ4n) is 3.23. The van der Waals surface area contributed by atoms with Crippen LogP contribution in [0.15, 0.2) is 18.2 Å². The maximum absolute atomic E-state index is 13.2. The Morgan fingerprint density at radius 2 is 2.35 bits per heavy atom. The average Bonchev–Trinajstić information content (AvgIpc) is 2.94. The first kappa shape index (κ1) is 13.4. The van der Waals surface area contributed by atoms with Gasteiger partial charge in [0.15, 0.2) is 0 Å². The molecule has 0 amide bonds. The summed E-state index contributed by atoms with van der Waals surface area (Å²) in [5.41, 5.74) is -0.0901. The van der Waals surface area contributed by atoms with E-state index in [1.54, 1.807) is 13.0 Å². The molecule has 1 fully saturated rings. The standard InChI is InChI=1S/C15H17FO4/c1-9-15(14(17)18,4-5-19-9)8-12-7-10-6-11(16)2-3-13(10)20-12/h2-3,6,9,12H,4-5,7-8H2,1H3,(H,17,18). The minimum atomic E-state index is -0.898. The average molecular weight is 280 g/mol. The summed E-state index contributed by atoms with van der Waals surface area (Å²) in [6.07, 6.45) is 0.874. The molecule has 1 aromatic rings. The Hall–Kier alpha value is -1.62. The van der Waals surface area contributed by atoms with Gasteiger partial charge in [-0.2, -0.15) is 0 Å². The Bertz CT molecular complexity index is 545. The van der Waals surface area contributed by atoms with Crippen molar-refractivity contribution in [2.24, 2.45) is 5.41 Å². The van der Waals surface area contributed by atoms with Gasteiger partial charge in [-0.05, 0) is 31.5 Å². The lowest BCUT2D eigenvalue weighted by molar-refractivity contribution is -0.153. The van der Waals surface area contributed by atoms with E-state index in [-0.39, 0.29) is 18.0 Å². The van der Waals surface area contributed by atoms with Gasteiger partial charge in [-0.3, -0.25) is 4.79 Å². The van der Waals surface area contributed by atoms with Crippen LogP contribution in [0.3, 0.4) is 0 Å². The van der Waals surface area contributed by atoms with Crippen molar-refractivity contribution in [1.82, 2.24) is 0 Å². The number of rotatable bonds is 3. The largest absolute Gasteiger partial charge is 0.490 e. The SMILES string of the molecule is CC1OCCC1(CC1Cc2cc(F)ccc2O1)C(=O)O. The molecule has 4 nitrogen and oxygen atoms in total. The predicted molar refractivity (Wildman–Crippen MR) is 69.2 cm³/mol. The van der Waals surface area contributed by atoms with Gasteiger partial charge in [-0.25, -0.2) is 4.39 Å². The second-order valence-electron chi connectivity index (χ2n) is 5.62. The van der Waals surface area contributed by atoms with Crippen LogP contribution < -0.4 is 4.74 Å². The van der Waals surface area contributed by atoms with Gasteiger partial charge in [0.25, 0.3) is 0 Å². The molecule has 2 heterocycles. The summed E-state index contributed by atoms with van der Waals surface area (Å²) in [6.45, 7) is 2.25. The van der Waals surface area contributed by atoms with Crippen LogP contribution in [0.1, 0.15) is 25.3 Å². The molecule has 20 heavy (non-hydrogen) atoms. The molecule has 5 heteroatoms. The first-order chi connectivity index (χ1) is 9.51. The molecule has 0 radical (unpaired) electrons. The third-order valence-corrected chi connectivity index (χ3v) is 4.48. The van der Waals surface area contributed by atoms with Crippen molar-refractivity contribution >= 4 is 5.97 Å². The Morgan fingerprint density at radius 1 is 1.55 bits per heavy atom. The van der Waals surface area contributed by atoms with Gasteiger partial charge in [-0.1, -0.05) is 0 Å². The Morgan fingerprint density at radius 3 is 3.00 bits per heavy atom. The van der Waals surface area contributed by atoms with E-state index in [9.17, 15) is 14.3 Å². The highest BCUT2D eigenvalue weighted by molar-refractivity contribution is 5.76. The summed E-state index contributed by atoms with van der Waals surface area (Å²) < 4.78 is 24.4. The zero-order chi connectivity index (χ0) is 14.3.